The van der Waals surface area contributed by atoms with Gasteiger partial charge < -0.3 is 9.88 Å². The van der Waals surface area contributed by atoms with E-state index in [1.165, 1.54) is 11.3 Å². The number of fused-ring (bicyclic) bond motifs is 3. The SMILES string of the molecule is CC(=O)c1c[nH]c2ccc3c(c12)CCCN3C. The number of Topliss-reactive ketones (excluding diaryl/α,β-unsaturated/α-hetero) is 1. The van der Waals surface area contributed by atoms with Gasteiger partial charge in [-0.15, -0.1) is 0 Å². The van der Waals surface area contributed by atoms with Gasteiger partial charge in [0.2, 0.25) is 0 Å². The summed E-state index contributed by atoms with van der Waals surface area (Å²) in [5.74, 6) is 0.137. The Bertz CT molecular complexity index is 598. The zero-order valence-corrected chi connectivity index (χ0v) is 10.2. The van der Waals surface area contributed by atoms with Gasteiger partial charge in [-0.05, 0) is 37.5 Å². The summed E-state index contributed by atoms with van der Waals surface area (Å²) in [6, 6.07) is 4.22. The van der Waals surface area contributed by atoms with Gasteiger partial charge in [0.05, 0.1) is 0 Å². The molecular weight excluding hydrogens is 212 g/mol. The van der Waals surface area contributed by atoms with E-state index in [1.807, 2.05) is 6.20 Å². The van der Waals surface area contributed by atoms with Gasteiger partial charge in [-0.25, -0.2) is 0 Å². The minimum absolute atomic E-state index is 0.137. The second-order valence-corrected chi connectivity index (χ2v) is 4.77. The third kappa shape index (κ3) is 1.46. The number of aromatic nitrogens is 1. The normalized spacial score (nSPS) is 15.1. The standard InChI is InChI=1S/C14H16N2O/c1-9(17)11-8-15-12-5-6-13-10(14(11)12)4-3-7-16(13)2/h5-6,8,15H,3-4,7H2,1-2H3. The molecule has 3 nitrogen and oxygen atoms in total. The minimum atomic E-state index is 0.137. The van der Waals surface area contributed by atoms with Crippen LogP contribution in [0.2, 0.25) is 0 Å². The van der Waals surface area contributed by atoms with Gasteiger partial charge in [-0.2, -0.15) is 0 Å². The Morgan fingerprint density at radius 1 is 1.41 bits per heavy atom. The quantitative estimate of drug-likeness (QED) is 0.762. The summed E-state index contributed by atoms with van der Waals surface area (Å²) in [5.41, 5.74) is 4.49. The zero-order chi connectivity index (χ0) is 12.0. The van der Waals surface area contributed by atoms with E-state index >= 15 is 0 Å². The Kier molecular flexibility index (Phi) is 2.21. The van der Waals surface area contributed by atoms with Crippen molar-refractivity contribution in [1.82, 2.24) is 4.98 Å². The first-order chi connectivity index (χ1) is 8.18. The van der Waals surface area contributed by atoms with Crippen LogP contribution in [0.3, 0.4) is 0 Å². The summed E-state index contributed by atoms with van der Waals surface area (Å²) in [6.45, 7) is 2.73. The number of hydrogen-bond donors (Lipinski definition) is 1. The maximum Gasteiger partial charge on any atom is 0.161 e. The molecule has 17 heavy (non-hydrogen) atoms. The fourth-order valence-electron chi connectivity index (χ4n) is 2.79. The van der Waals surface area contributed by atoms with Crippen LogP contribution in [-0.2, 0) is 6.42 Å². The van der Waals surface area contributed by atoms with Gasteiger partial charge in [-0.1, -0.05) is 0 Å². The molecule has 0 atom stereocenters. The van der Waals surface area contributed by atoms with E-state index in [2.05, 4.69) is 29.1 Å². The van der Waals surface area contributed by atoms with Crippen LogP contribution >= 0.6 is 0 Å². The molecule has 1 aliphatic rings. The lowest BCUT2D eigenvalue weighted by Crippen LogP contribution is -2.24. The van der Waals surface area contributed by atoms with Gasteiger partial charge in [0.15, 0.2) is 5.78 Å². The Balaban J connectivity index is 2.35. The molecule has 0 aliphatic carbocycles. The lowest BCUT2D eigenvalue weighted by molar-refractivity contribution is 0.101. The van der Waals surface area contributed by atoms with Crippen LogP contribution in [-0.4, -0.2) is 24.4 Å². The maximum atomic E-state index is 11.7. The van der Waals surface area contributed by atoms with E-state index < -0.39 is 0 Å². The van der Waals surface area contributed by atoms with Crippen LogP contribution in [0.1, 0.15) is 29.3 Å². The van der Waals surface area contributed by atoms with Crippen molar-refractivity contribution in [2.24, 2.45) is 0 Å². The topological polar surface area (TPSA) is 36.1 Å². The minimum Gasteiger partial charge on any atom is -0.374 e. The van der Waals surface area contributed by atoms with E-state index in [9.17, 15) is 4.79 Å². The molecular formula is C14H16N2O. The van der Waals surface area contributed by atoms with Crippen LogP contribution in [0.5, 0.6) is 0 Å². The Hall–Kier alpha value is -1.77. The summed E-state index contributed by atoms with van der Waals surface area (Å²) in [7, 11) is 2.12. The summed E-state index contributed by atoms with van der Waals surface area (Å²) in [6.07, 6.45) is 4.06. The van der Waals surface area contributed by atoms with E-state index in [0.29, 0.717) is 0 Å². The fraction of sp³-hybridized carbons (Fsp3) is 0.357. The number of carbonyl (C=O) groups is 1. The Morgan fingerprint density at radius 2 is 2.24 bits per heavy atom. The first-order valence-corrected chi connectivity index (χ1v) is 6.03. The average Bonchev–Trinajstić information content (AvgIpc) is 2.73. The molecule has 1 N–H and O–H groups in total. The Labute approximate surface area is 100 Å². The molecule has 3 heteroatoms. The number of rotatable bonds is 1. The van der Waals surface area contributed by atoms with Crippen molar-refractivity contribution in [2.75, 3.05) is 18.5 Å². The van der Waals surface area contributed by atoms with Crippen molar-refractivity contribution in [1.29, 1.82) is 0 Å². The molecule has 0 saturated heterocycles. The molecule has 0 bridgehead atoms. The smallest absolute Gasteiger partial charge is 0.161 e. The molecule has 0 amide bonds. The summed E-state index contributed by atoms with van der Waals surface area (Å²) >= 11 is 0. The van der Waals surface area contributed by atoms with Crippen molar-refractivity contribution in [2.45, 2.75) is 19.8 Å². The third-order valence-electron chi connectivity index (χ3n) is 3.64. The van der Waals surface area contributed by atoms with E-state index in [-0.39, 0.29) is 5.78 Å². The van der Waals surface area contributed by atoms with Crippen molar-refractivity contribution in [3.63, 3.8) is 0 Å². The number of carbonyl (C=O) groups excluding carboxylic acids is 1. The first-order valence-electron chi connectivity index (χ1n) is 6.03. The number of benzene rings is 1. The highest BCUT2D eigenvalue weighted by molar-refractivity contribution is 6.09. The van der Waals surface area contributed by atoms with Crippen LogP contribution in [0.25, 0.3) is 10.9 Å². The summed E-state index contributed by atoms with van der Waals surface area (Å²) in [5, 5.41) is 1.13. The van der Waals surface area contributed by atoms with Gasteiger partial charge in [0, 0.05) is 41.9 Å². The molecule has 0 saturated carbocycles. The number of nitrogens with zero attached hydrogens (tertiary/aromatic N) is 1. The molecule has 1 aromatic carbocycles. The van der Waals surface area contributed by atoms with Gasteiger partial charge in [0.25, 0.3) is 0 Å². The highest BCUT2D eigenvalue weighted by Gasteiger charge is 2.19. The highest BCUT2D eigenvalue weighted by Crippen LogP contribution is 2.34. The fourth-order valence-corrected chi connectivity index (χ4v) is 2.79. The third-order valence-corrected chi connectivity index (χ3v) is 3.64. The zero-order valence-electron chi connectivity index (χ0n) is 10.2. The molecule has 2 aromatic rings. The van der Waals surface area contributed by atoms with E-state index in [4.69, 9.17) is 0 Å². The molecule has 1 aliphatic heterocycles. The molecule has 0 unspecified atom stereocenters. The predicted octanol–water partition coefficient (Wildman–Crippen LogP) is 2.75. The van der Waals surface area contributed by atoms with Crippen LogP contribution in [0.4, 0.5) is 5.69 Å². The number of nitrogens with one attached hydrogen (secondary N) is 1. The van der Waals surface area contributed by atoms with Gasteiger partial charge in [-0.3, -0.25) is 4.79 Å². The molecule has 0 spiro atoms. The molecule has 88 valence electrons. The van der Waals surface area contributed by atoms with Gasteiger partial charge in [0.1, 0.15) is 0 Å². The van der Waals surface area contributed by atoms with E-state index in [0.717, 1.165) is 35.9 Å². The average molecular weight is 228 g/mol. The lowest BCUT2D eigenvalue weighted by atomic mass is 9.95. The molecule has 2 heterocycles. The Morgan fingerprint density at radius 3 is 3.00 bits per heavy atom. The largest absolute Gasteiger partial charge is 0.374 e. The monoisotopic (exact) mass is 228 g/mol. The highest BCUT2D eigenvalue weighted by atomic mass is 16.1. The second-order valence-electron chi connectivity index (χ2n) is 4.77. The summed E-state index contributed by atoms with van der Waals surface area (Å²) < 4.78 is 0. The maximum absolute atomic E-state index is 11.7. The number of aromatic amines is 1. The van der Waals surface area contributed by atoms with Crippen molar-refractivity contribution >= 4 is 22.4 Å². The van der Waals surface area contributed by atoms with E-state index in [1.54, 1.807) is 6.92 Å². The molecule has 1 aromatic heterocycles. The van der Waals surface area contributed by atoms with Crippen molar-refractivity contribution < 1.29 is 4.79 Å². The van der Waals surface area contributed by atoms with Gasteiger partial charge >= 0.3 is 0 Å². The van der Waals surface area contributed by atoms with Crippen molar-refractivity contribution in [3.05, 3.63) is 29.5 Å². The predicted molar refractivity (Wildman–Crippen MR) is 69.9 cm³/mol. The lowest BCUT2D eigenvalue weighted by Gasteiger charge is -2.28. The molecule has 0 fully saturated rings. The number of hydrogen-bond acceptors (Lipinski definition) is 2. The van der Waals surface area contributed by atoms with Crippen LogP contribution in [0, 0.1) is 0 Å². The number of H-pyrrole nitrogens is 1. The number of anilines is 1. The number of ketones is 1. The second kappa shape index (κ2) is 3.62. The number of aryl methyl sites for hydroxylation is 1. The van der Waals surface area contributed by atoms with Crippen molar-refractivity contribution in [3.8, 4) is 0 Å². The molecule has 0 radical (unpaired) electrons. The van der Waals surface area contributed by atoms with Crippen LogP contribution < -0.4 is 4.90 Å². The first kappa shape index (κ1) is 10.4. The summed E-state index contributed by atoms with van der Waals surface area (Å²) in [4.78, 5) is 17.1. The van der Waals surface area contributed by atoms with Crippen LogP contribution in [0.15, 0.2) is 18.3 Å². The molecule has 3 rings (SSSR count).